The molecule has 0 atom stereocenters. The van der Waals surface area contributed by atoms with E-state index in [0.29, 0.717) is 11.5 Å². The Morgan fingerprint density at radius 2 is 2.00 bits per heavy atom. The van der Waals surface area contributed by atoms with Gasteiger partial charge in [0.15, 0.2) is 0 Å². The molecule has 0 unspecified atom stereocenters. The summed E-state index contributed by atoms with van der Waals surface area (Å²) >= 11 is 1.88. The van der Waals surface area contributed by atoms with E-state index in [-0.39, 0.29) is 0 Å². The molecule has 1 aromatic heterocycles. The van der Waals surface area contributed by atoms with Crippen LogP contribution >= 0.6 is 11.3 Å². The molecule has 0 spiro atoms. The van der Waals surface area contributed by atoms with E-state index in [2.05, 4.69) is 43.4 Å². The molecule has 0 saturated heterocycles. The second kappa shape index (κ2) is 5.82. The molecule has 3 rings (SSSR count). The van der Waals surface area contributed by atoms with Crippen molar-refractivity contribution in [2.24, 2.45) is 5.41 Å². The first kappa shape index (κ1) is 14.0. The lowest BCUT2D eigenvalue weighted by atomic mass is 9.82. The maximum absolute atomic E-state index is 4.84. The summed E-state index contributed by atoms with van der Waals surface area (Å²) in [5.41, 5.74) is 1.61. The van der Waals surface area contributed by atoms with Crippen molar-refractivity contribution in [1.82, 2.24) is 10.3 Å². The molecule has 1 heterocycles. The Hall–Kier alpha value is -0.930. The highest BCUT2D eigenvalue weighted by molar-refractivity contribution is 7.18. The molecule has 1 aliphatic carbocycles. The molecular weight excluding hydrogens is 264 g/mol. The Balaban J connectivity index is 1.78. The predicted molar refractivity (Wildman–Crippen MR) is 87.4 cm³/mol. The van der Waals surface area contributed by atoms with Gasteiger partial charge < -0.3 is 5.32 Å². The zero-order valence-electron chi connectivity index (χ0n) is 12.5. The van der Waals surface area contributed by atoms with E-state index >= 15 is 0 Å². The van der Waals surface area contributed by atoms with E-state index in [1.54, 1.807) is 0 Å². The van der Waals surface area contributed by atoms with Crippen LogP contribution in [0.1, 0.15) is 44.5 Å². The zero-order chi connectivity index (χ0) is 14.0. The van der Waals surface area contributed by atoms with Crippen LogP contribution in [0.15, 0.2) is 24.3 Å². The monoisotopic (exact) mass is 288 g/mol. The Morgan fingerprint density at radius 3 is 2.70 bits per heavy atom. The summed E-state index contributed by atoms with van der Waals surface area (Å²) in [7, 11) is 0. The number of thiazole rings is 1. The van der Waals surface area contributed by atoms with Gasteiger partial charge in [-0.05, 0) is 30.4 Å². The predicted octanol–water partition coefficient (Wildman–Crippen LogP) is 4.40. The quantitative estimate of drug-likeness (QED) is 0.882. The van der Waals surface area contributed by atoms with Crippen LogP contribution in [0.5, 0.6) is 0 Å². The summed E-state index contributed by atoms with van der Waals surface area (Å²) in [5, 5.41) is 4.98. The van der Waals surface area contributed by atoms with Crippen molar-refractivity contribution in [2.75, 3.05) is 6.54 Å². The molecule has 0 radical (unpaired) electrons. The van der Waals surface area contributed by atoms with Crippen molar-refractivity contribution in [1.29, 1.82) is 0 Å². The first-order chi connectivity index (χ1) is 9.67. The largest absolute Gasteiger partial charge is 0.314 e. The molecule has 20 heavy (non-hydrogen) atoms. The van der Waals surface area contributed by atoms with E-state index in [1.165, 1.54) is 35.4 Å². The third kappa shape index (κ3) is 3.04. The molecule has 108 valence electrons. The van der Waals surface area contributed by atoms with Crippen LogP contribution in [0.25, 0.3) is 10.2 Å². The molecular formula is C17H24N2S. The summed E-state index contributed by atoms with van der Waals surface area (Å²) in [5.74, 6) is 0. The van der Waals surface area contributed by atoms with E-state index in [0.717, 1.165) is 18.5 Å². The van der Waals surface area contributed by atoms with Gasteiger partial charge in [0.25, 0.3) is 0 Å². The topological polar surface area (TPSA) is 24.9 Å². The van der Waals surface area contributed by atoms with Gasteiger partial charge in [0.1, 0.15) is 0 Å². The molecule has 2 nitrogen and oxygen atoms in total. The molecule has 1 saturated carbocycles. The van der Waals surface area contributed by atoms with Gasteiger partial charge in [-0.25, -0.2) is 4.98 Å². The zero-order valence-corrected chi connectivity index (χ0v) is 13.3. The van der Waals surface area contributed by atoms with Gasteiger partial charge in [0, 0.05) is 19.0 Å². The number of hydrogen-bond acceptors (Lipinski definition) is 3. The van der Waals surface area contributed by atoms with Crippen LogP contribution in [0, 0.1) is 5.41 Å². The number of benzene rings is 1. The molecule has 1 aliphatic rings. The summed E-state index contributed by atoms with van der Waals surface area (Å²) in [4.78, 5) is 4.84. The first-order valence-electron chi connectivity index (χ1n) is 7.75. The second-order valence-corrected chi connectivity index (χ2v) is 7.61. The van der Waals surface area contributed by atoms with Crippen LogP contribution in [0.3, 0.4) is 0 Å². The van der Waals surface area contributed by atoms with Gasteiger partial charge in [0.05, 0.1) is 15.2 Å². The molecule has 3 heteroatoms. The fourth-order valence-electron chi connectivity index (χ4n) is 3.28. The van der Waals surface area contributed by atoms with Crippen LogP contribution < -0.4 is 5.32 Å². The molecule has 0 bridgehead atoms. The van der Waals surface area contributed by atoms with Gasteiger partial charge in [-0.2, -0.15) is 0 Å². The van der Waals surface area contributed by atoms with Gasteiger partial charge in [-0.1, -0.05) is 38.8 Å². The van der Waals surface area contributed by atoms with Crippen molar-refractivity contribution in [3.05, 3.63) is 29.3 Å². The minimum absolute atomic E-state index is 0.443. The van der Waals surface area contributed by atoms with Crippen molar-refractivity contribution in [3.63, 3.8) is 0 Å². The lowest BCUT2D eigenvalue weighted by Crippen LogP contribution is -2.37. The number of rotatable bonds is 5. The molecule has 1 aromatic carbocycles. The number of fused-ring (bicyclic) bond motifs is 1. The Kier molecular flexibility index (Phi) is 4.08. The Bertz CT molecular complexity index is 534. The van der Waals surface area contributed by atoms with Crippen LogP contribution in [-0.4, -0.2) is 17.6 Å². The number of aromatic nitrogens is 1. The summed E-state index contributed by atoms with van der Waals surface area (Å²) in [6.45, 7) is 5.61. The average molecular weight is 288 g/mol. The number of hydrogen-bond donors (Lipinski definition) is 1. The Labute approximate surface area is 125 Å². The lowest BCUT2D eigenvalue weighted by molar-refractivity contribution is 0.269. The number of nitrogens with zero attached hydrogens (tertiary/aromatic N) is 1. The maximum Gasteiger partial charge on any atom is 0.0944 e. The molecule has 0 amide bonds. The van der Waals surface area contributed by atoms with Gasteiger partial charge >= 0.3 is 0 Å². The molecule has 1 fully saturated rings. The maximum atomic E-state index is 4.84. The minimum atomic E-state index is 0.443. The van der Waals surface area contributed by atoms with Gasteiger partial charge in [0.2, 0.25) is 0 Å². The molecule has 2 aromatic rings. The van der Waals surface area contributed by atoms with E-state index in [4.69, 9.17) is 4.98 Å². The van der Waals surface area contributed by atoms with E-state index in [1.807, 2.05) is 11.3 Å². The van der Waals surface area contributed by atoms with Crippen molar-refractivity contribution < 1.29 is 0 Å². The van der Waals surface area contributed by atoms with Crippen molar-refractivity contribution in [2.45, 2.75) is 52.0 Å². The lowest BCUT2D eigenvalue weighted by Gasteiger charge is -2.29. The fraction of sp³-hybridized carbons (Fsp3) is 0.588. The number of para-hydroxylation sites is 1. The summed E-state index contributed by atoms with van der Waals surface area (Å²) in [6.07, 6.45) is 6.60. The smallest absolute Gasteiger partial charge is 0.0944 e. The summed E-state index contributed by atoms with van der Waals surface area (Å²) < 4.78 is 1.33. The third-order valence-corrected chi connectivity index (χ3v) is 5.45. The standard InChI is InChI=1S/C17H24N2S/c1-13(2)18-12-17(9-5-6-10-17)11-16-19-14-7-3-4-8-15(14)20-16/h3-4,7-8,13,18H,5-6,9-12H2,1-2H3. The molecule has 0 aliphatic heterocycles. The average Bonchev–Trinajstić information content (AvgIpc) is 3.03. The van der Waals surface area contributed by atoms with Crippen molar-refractivity contribution in [3.8, 4) is 0 Å². The SMILES string of the molecule is CC(C)NCC1(Cc2nc3ccccc3s2)CCCC1. The fourth-order valence-corrected chi connectivity index (χ4v) is 4.42. The highest BCUT2D eigenvalue weighted by Crippen LogP contribution is 2.41. The van der Waals surface area contributed by atoms with Gasteiger partial charge in [-0.3, -0.25) is 0 Å². The van der Waals surface area contributed by atoms with Crippen molar-refractivity contribution >= 4 is 21.6 Å². The van der Waals surface area contributed by atoms with E-state index < -0.39 is 0 Å². The number of nitrogens with one attached hydrogen (secondary N) is 1. The second-order valence-electron chi connectivity index (χ2n) is 6.49. The minimum Gasteiger partial charge on any atom is -0.314 e. The summed E-state index contributed by atoms with van der Waals surface area (Å²) in [6, 6.07) is 9.07. The van der Waals surface area contributed by atoms with Crippen LogP contribution in [0.2, 0.25) is 0 Å². The highest BCUT2D eigenvalue weighted by Gasteiger charge is 2.34. The van der Waals surface area contributed by atoms with Crippen LogP contribution in [-0.2, 0) is 6.42 Å². The Morgan fingerprint density at radius 1 is 1.25 bits per heavy atom. The molecule has 1 N–H and O–H groups in total. The third-order valence-electron chi connectivity index (χ3n) is 4.41. The van der Waals surface area contributed by atoms with E-state index in [9.17, 15) is 0 Å². The normalized spacial score (nSPS) is 18.1. The van der Waals surface area contributed by atoms with Crippen LogP contribution in [0.4, 0.5) is 0 Å². The highest BCUT2D eigenvalue weighted by atomic mass is 32.1. The first-order valence-corrected chi connectivity index (χ1v) is 8.56. The van der Waals surface area contributed by atoms with Gasteiger partial charge in [-0.15, -0.1) is 11.3 Å².